The van der Waals surface area contributed by atoms with Crippen LogP contribution in [0.2, 0.25) is 0 Å². The van der Waals surface area contributed by atoms with Crippen LogP contribution in [0, 0.1) is 0 Å². The van der Waals surface area contributed by atoms with Crippen molar-refractivity contribution in [3.05, 3.63) is 71.7 Å². The van der Waals surface area contributed by atoms with Gasteiger partial charge in [-0.3, -0.25) is 15.0 Å². The van der Waals surface area contributed by atoms with Crippen LogP contribution >= 0.6 is 0 Å². The number of aliphatic imine (C=N–C) groups is 3. The Balaban J connectivity index is 1.23. The largest absolute Gasteiger partial charge is 0.469 e. The molecule has 0 spiro atoms. The lowest BCUT2D eigenvalue weighted by Crippen LogP contribution is -2.24. The maximum Gasteiger partial charge on any atom is 0.218 e. The average Bonchev–Trinajstić information content (AvgIpc) is 3.71. The Hall–Kier alpha value is -5.13. The van der Waals surface area contributed by atoms with E-state index < -0.39 is 0 Å². The van der Waals surface area contributed by atoms with Gasteiger partial charge in [-0.1, -0.05) is 0 Å². The molecular weight excluding hydrogens is 570 g/mol. The number of pyridine rings is 3. The van der Waals surface area contributed by atoms with E-state index in [0.29, 0.717) is 71.9 Å². The zero-order valence-electron chi connectivity index (χ0n) is 26.1. The van der Waals surface area contributed by atoms with Gasteiger partial charge in [0.25, 0.3) is 0 Å². The fourth-order valence-electron chi connectivity index (χ4n) is 4.89. The third-order valence-corrected chi connectivity index (χ3v) is 7.28. The highest BCUT2D eigenvalue weighted by Gasteiger charge is 2.30. The molecule has 4 aromatic heterocycles. The number of hydrogen-bond acceptors (Lipinski definition) is 12. The molecule has 0 fully saturated rings. The predicted molar refractivity (Wildman–Crippen MR) is 169 cm³/mol. The highest BCUT2D eigenvalue weighted by molar-refractivity contribution is 5.96. The van der Waals surface area contributed by atoms with Gasteiger partial charge in [-0.15, -0.1) is 0 Å². The second-order valence-corrected chi connectivity index (χ2v) is 13.1. The molecule has 0 amide bonds. The van der Waals surface area contributed by atoms with Crippen molar-refractivity contribution < 1.29 is 14.2 Å². The van der Waals surface area contributed by atoms with Gasteiger partial charge in [0.2, 0.25) is 17.7 Å². The van der Waals surface area contributed by atoms with Crippen LogP contribution in [-0.2, 0) is 14.2 Å². The van der Waals surface area contributed by atoms with Gasteiger partial charge in [0.15, 0.2) is 17.5 Å². The molecule has 0 bridgehead atoms. The minimum Gasteiger partial charge on any atom is -0.469 e. The fourth-order valence-corrected chi connectivity index (χ4v) is 4.89. The van der Waals surface area contributed by atoms with Crippen LogP contribution in [0.3, 0.4) is 0 Å². The summed E-state index contributed by atoms with van der Waals surface area (Å²) in [4.78, 5) is 41.8. The maximum atomic E-state index is 5.97. The molecule has 7 rings (SSSR count). The van der Waals surface area contributed by atoms with E-state index in [2.05, 4.69) is 29.9 Å². The van der Waals surface area contributed by atoms with Crippen LogP contribution in [0.15, 0.2) is 70.0 Å². The summed E-state index contributed by atoms with van der Waals surface area (Å²) < 4.78 is 17.9. The van der Waals surface area contributed by atoms with Crippen molar-refractivity contribution in [3.8, 4) is 34.6 Å². The summed E-state index contributed by atoms with van der Waals surface area (Å²) in [6, 6.07) is 11.2. The third kappa shape index (κ3) is 6.00. The standard InChI is InChI=1S/C33H33N9O3/c1-31(2)16-37-28(43-31)19-7-10-22(34-13-19)25-40-26(23-11-8-20(14-35-23)29-38-17-32(3,4)44-29)42-27(41-25)24-12-9-21(15-36-24)30-39-18-33(5,6)45-30/h7-15H,16-18H2,1-6H3. The van der Waals surface area contributed by atoms with Gasteiger partial charge in [0, 0.05) is 18.6 Å². The van der Waals surface area contributed by atoms with Gasteiger partial charge in [-0.25, -0.2) is 29.9 Å². The molecule has 0 aromatic carbocycles. The lowest BCUT2D eigenvalue weighted by atomic mass is 10.1. The van der Waals surface area contributed by atoms with Crippen LogP contribution in [0.5, 0.6) is 0 Å². The molecule has 7 heterocycles. The average molecular weight is 604 g/mol. The zero-order valence-corrected chi connectivity index (χ0v) is 26.1. The second kappa shape index (κ2) is 10.5. The first-order valence-electron chi connectivity index (χ1n) is 14.8. The first-order chi connectivity index (χ1) is 21.4. The van der Waals surface area contributed by atoms with Gasteiger partial charge in [-0.05, 0) is 77.9 Å². The Morgan fingerprint density at radius 1 is 0.444 bits per heavy atom. The van der Waals surface area contributed by atoms with Crippen molar-refractivity contribution in [2.24, 2.45) is 15.0 Å². The molecule has 45 heavy (non-hydrogen) atoms. The van der Waals surface area contributed by atoms with Crippen molar-refractivity contribution in [2.75, 3.05) is 19.6 Å². The molecule has 0 N–H and O–H groups in total. The molecule has 3 aliphatic heterocycles. The number of aromatic nitrogens is 6. The first kappa shape index (κ1) is 28.6. The summed E-state index contributed by atoms with van der Waals surface area (Å²) in [5, 5.41) is 0. The maximum absolute atomic E-state index is 5.97. The lowest BCUT2D eigenvalue weighted by molar-refractivity contribution is 0.131. The second-order valence-electron chi connectivity index (χ2n) is 13.1. The van der Waals surface area contributed by atoms with Crippen molar-refractivity contribution in [2.45, 2.75) is 58.3 Å². The molecule has 12 heteroatoms. The molecule has 0 radical (unpaired) electrons. The van der Waals surface area contributed by atoms with Crippen molar-refractivity contribution in [1.82, 2.24) is 29.9 Å². The van der Waals surface area contributed by atoms with Crippen LogP contribution in [-0.4, -0.2) is 84.0 Å². The topological polar surface area (TPSA) is 142 Å². The first-order valence-corrected chi connectivity index (χ1v) is 14.8. The molecular formula is C33H33N9O3. The molecule has 228 valence electrons. The Morgan fingerprint density at radius 3 is 0.933 bits per heavy atom. The predicted octanol–water partition coefficient (Wildman–Crippen LogP) is 4.72. The van der Waals surface area contributed by atoms with Gasteiger partial charge < -0.3 is 14.2 Å². The number of rotatable bonds is 6. The van der Waals surface area contributed by atoms with Gasteiger partial charge >= 0.3 is 0 Å². The lowest BCUT2D eigenvalue weighted by Gasteiger charge is -2.17. The number of hydrogen-bond donors (Lipinski definition) is 0. The molecule has 0 atom stereocenters. The van der Waals surface area contributed by atoms with Gasteiger partial charge in [-0.2, -0.15) is 0 Å². The highest BCUT2D eigenvalue weighted by Crippen LogP contribution is 2.27. The number of nitrogens with zero attached hydrogens (tertiary/aromatic N) is 9. The molecule has 0 unspecified atom stereocenters. The molecule has 0 saturated carbocycles. The van der Waals surface area contributed by atoms with Gasteiger partial charge in [0.05, 0.1) is 36.3 Å². The summed E-state index contributed by atoms with van der Waals surface area (Å²) in [5.41, 5.74) is 3.02. The Morgan fingerprint density at radius 2 is 0.733 bits per heavy atom. The van der Waals surface area contributed by atoms with E-state index in [1.807, 2.05) is 77.9 Å². The summed E-state index contributed by atoms with van der Waals surface area (Å²) in [6.45, 7) is 13.8. The quantitative estimate of drug-likeness (QED) is 0.306. The molecule has 3 aliphatic rings. The molecule has 0 aliphatic carbocycles. The molecule has 0 saturated heterocycles. The van der Waals surface area contributed by atoms with Crippen LogP contribution in [0.25, 0.3) is 34.6 Å². The normalized spacial score (nSPS) is 19.2. The van der Waals surface area contributed by atoms with Gasteiger partial charge in [0.1, 0.15) is 33.9 Å². The summed E-state index contributed by atoms with van der Waals surface area (Å²) in [6.07, 6.45) is 5.14. The summed E-state index contributed by atoms with van der Waals surface area (Å²) >= 11 is 0. The fraction of sp³-hybridized carbons (Fsp3) is 0.364. The SMILES string of the molecule is CC1(C)CN=C(c2ccc(-c3nc(-c4ccc(C5=NCC(C)(C)O5)cn4)nc(-c4ccc(C5=NCC(C)(C)O5)cn4)n3)nc2)O1. The van der Waals surface area contributed by atoms with Crippen LogP contribution in [0.1, 0.15) is 58.2 Å². The van der Waals surface area contributed by atoms with E-state index in [1.54, 1.807) is 18.6 Å². The highest BCUT2D eigenvalue weighted by atomic mass is 16.5. The molecule has 4 aromatic rings. The molecule has 12 nitrogen and oxygen atoms in total. The third-order valence-electron chi connectivity index (χ3n) is 7.28. The van der Waals surface area contributed by atoms with E-state index in [1.165, 1.54) is 0 Å². The van der Waals surface area contributed by atoms with Crippen molar-refractivity contribution >= 4 is 17.7 Å². The smallest absolute Gasteiger partial charge is 0.218 e. The zero-order chi connectivity index (χ0) is 31.4. The Bertz CT molecular complexity index is 1630. The van der Waals surface area contributed by atoms with E-state index in [9.17, 15) is 0 Å². The van der Waals surface area contributed by atoms with E-state index in [-0.39, 0.29) is 16.8 Å². The van der Waals surface area contributed by atoms with Crippen molar-refractivity contribution in [3.63, 3.8) is 0 Å². The summed E-state index contributed by atoms with van der Waals surface area (Å²) in [7, 11) is 0. The van der Waals surface area contributed by atoms with E-state index >= 15 is 0 Å². The number of ether oxygens (including phenoxy) is 3. The van der Waals surface area contributed by atoms with Crippen LogP contribution in [0.4, 0.5) is 0 Å². The Labute approximate surface area is 260 Å². The summed E-state index contributed by atoms with van der Waals surface area (Å²) in [5.74, 6) is 2.85. The monoisotopic (exact) mass is 603 g/mol. The van der Waals surface area contributed by atoms with E-state index in [4.69, 9.17) is 29.2 Å². The van der Waals surface area contributed by atoms with Crippen LogP contribution < -0.4 is 0 Å². The Kier molecular flexibility index (Phi) is 6.68. The minimum absolute atomic E-state index is 0.337. The minimum atomic E-state index is -0.337. The van der Waals surface area contributed by atoms with E-state index in [0.717, 1.165) is 16.7 Å². The van der Waals surface area contributed by atoms with Crippen molar-refractivity contribution in [1.29, 1.82) is 0 Å².